The van der Waals surface area contributed by atoms with E-state index in [9.17, 15) is 9.59 Å². The average molecular weight is 320 g/mol. The number of nitrogens with one attached hydrogen (secondary N) is 2. The van der Waals surface area contributed by atoms with E-state index in [4.69, 9.17) is 0 Å². The Hall–Kier alpha value is -1.06. The fourth-order valence-electron chi connectivity index (χ4n) is 5.75. The van der Waals surface area contributed by atoms with E-state index < -0.39 is 0 Å². The van der Waals surface area contributed by atoms with Crippen LogP contribution in [0.25, 0.3) is 0 Å². The Kier molecular flexibility index (Phi) is 4.98. The summed E-state index contributed by atoms with van der Waals surface area (Å²) in [6.45, 7) is 4.92. The first kappa shape index (κ1) is 16.8. The van der Waals surface area contributed by atoms with Crippen molar-refractivity contribution in [3.63, 3.8) is 0 Å². The van der Waals surface area contributed by atoms with Crippen LogP contribution in [-0.4, -0.2) is 24.4 Å². The van der Waals surface area contributed by atoms with E-state index in [1.807, 2.05) is 6.92 Å². The van der Waals surface area contributed by atoms with Crippen LogP contribution < -0.4 is 10.6 Å². The van der Waals surface area contributed by atoms with Gasteiger partial charge in [-0.2, -0.15) is 0 Å². The van der Waals surface area contributed by atoms with Crippen LogP contribution in [0.2, 0.25) is 0 Å². The Morgan fingerprint density at radius 1 is 1.00 bits per heavy atom. The lowest BCUT2D eigenvalue weighted by Gasteiger charge is -2.59. The maximum absolute atomic E-state index is 12.2. The molecule has 4 bridgehead atoms. The molecule has 23 heavy (non-hydrogen) atoms. The summed E-state index contributed by atoms with van der Waals surface area (Å²) in [6, 6.07) is 0.252. The summed E-state index contributed by atoms with van der Waals surface area (Å²) in [5.74, 6) is 2.74. The zero-order chi connectivity index (χ0) is 16.4. The maximum Gasteiger partial charge on any atom is 0.220 e. The molecule has 4 rings (SSSR count). The topological polar surface area (TPSA) is 58.2 Å². The van der Waals surface area contributed by atoms with Gasteiger partial charge in [0.2, 0.25) is 11.8 Å². The molecule has 0 radical (unpaired) electrons. The number of rotatable bonds is 7. The number of carbonyl (C=O) groups excluding carboxylic acids is 2. The monoisotopic (exact) mass is 320 g/mol. The van der Waals surface area contributed by atoms with Crippen molar-refractivity contribution in [3.05, 3.63) is 0 Å². The fraction of sp³-hybridized carbons (Fsp3) is 0.895. The van der Waals surface area contributed by atoms with E-state index in [2.05, 4.69) is 17.6 Å². The molecule has 1 atom stereocenters. The van der Waals surface area contributed by atoms with Crippen molar-refractivity contribution >= 4 is 11.8 Å². The molecule has 0 saturated heterocycles. The Morgan fingerprint density at radius 3 is 2.04 bits per heavy atom. The third-order valence-electron chi connectivity index (χ3n) is 6.53. The minimum absolute atomic E-state index is 0.00976. The predicted octanol–water partition coefficient (Wildman–Crippen LogP) is 3.01. The van der Waals surface area contributed by atoms with Gasteiger partial charge in [0.05, 0.1) is 0 Å². The van der Waals surface area contributed by atoms with Crippen molar-refractivity contribution in [1.29, 1.82) is 0 Å². The van der Waals surface area contributed by atoms with Crippen LogP contribution in [0, 0.1) is 23.2 Å². The van der Waals surface area contributed by atoms with Crippen LogP contribution in [0.1, 0.15) is 71.6 Å². The Bertz CT molecular complexity index is 425. The molecule has 4 fully saturated rings. The maximum atomic E-state index is 12.2. The predicted molar refractivity (Wildman–Crippen MR) is 90.7 cm³/mol. The lowest BCUT2D eigenvalue weighted by Crippen LogP contribution is -2.55. The summed E-state index contributed by atoms with van der Waals surface area (Å²) >= 11 is 0. The first-order valence-electron chi connectivity index (χ1n) is 9.57. The largest absolute Gasteiger partial charge is 0.356 e. The number of hydrogen-bond donors (Lipinski definition) is 2. The van der Waals surface area contributed by atoms with Gasteiger partial charge in [0, 0.05) is 25.4 Å². The van der Waals surface area contributed by atoms with Crippen molar-refractivity contribution in [1.82, 2.24) is 10.6 Å². The molecule has 0 aromatic carbocycles. The molecule has 130 valence electrons. The second-order valence-corrected chi connectivity index (χ2v) is 8.42. The molecular formula is C19H32N2O2. The van der Waals surface area contributed by atoms with Gasteiger partial charge in [-0.1, -0.05) is 6.92 Å². The van der Waals surface area contributed by atoms with Crippen LogP contribution in [0.5, 0.6) is 0 Å². The molecule has 4 heteroatoms. The highest BCUT2D eigenvalue weighted by Crippen LogP contribution is 2.61. The number of hydrogen-bond acceptors (Lipinski definition) is 2. The Labute approximate surface area is 140 Å². The average Bonchev–Trinajstić information content (AvgIpc) is 2.49. The molecule has 4 aliphatic rings. The minimum Gasteiger partial charge on any atom is -0.356 e. The highest BCUT2D eigenvalue weighted by Gasteiger charge is 2.53. The van der Waals surface area contributed by atoms with Crippen LogP contribution in [0.3, 0.4) is 0 Å². The van der Waals surface area contributed by atoms with E-state index in [0.717, 1.165) is 24.2 Å². The quantitative estimate of drug-likeness (QED) is 0.757. The van der Waals surface area contributed by atoms with Gasteiger partial charge in [-0.05, 0) is 75.0 Å². The van der Waals surface area contributed by atoms with E-state index in [1.165, 1.54) is 38.5 Å². The molecule has 2 N–H and O–H groups in total. The first-order chi connectivity index (χ1) is 11.0. The number of amides is 2. The third-order valence-corrected chi connectivity index (χ3v) is 6.53. The van der Waals surface area contributed by atoms with Crippen molar-refractivity contribution in [2.24, 2.45) is 23.2 Å². The molecular weight excluding hydrogens is 288 g/mol. The standard InChI is InChI=1S/C19H32N2O2/c1-3-6-20-17(22)4-5-18(23)21-13(2)19-10-14-7-15(11-19)9-16(8-14)12-19/h13-16H,3-12H2,1-2H3,(H,20,22)(H,21,23). The van der Waals surface area contributed by atoms with Crippen LogP contribution in [0.15, 0.2) is 0 Å². The SMILES string of the molecule is CCCNC(=O)CCC(=O)NC(C)C12CC3CC(CC(C3)C1)C2. The van der Waals surface area contributed by atoms with E-state index in [-0.39, 0.29) is 17.9 Å². The molecule has 2 amide bonds. The molecule has 1 unspecified atom stereocenters. The minimum atomic E-state index is -0.00976. The van der Waals surface area contributed by atoms with Crippen molar-refractivity contribution in [2.45, 2.75) is 77.7 Å². The molecule has 4 saturated carbocycles. The third kappa shape index (κ3) is 3.72. The smallest absolute Gasteiger partial charge is 0.220 e. The summed E-state index contributed by atoms with van der Waals surface area (Å²) in [6.07, 6.45) is 9.74. The highest BCUT2D eigenvalue weighted by atomic mass is 16.2. The normalized spacial score (nSPS) is 35.8. The lowest BCUT2D eigenvalue weighted by molar-refractivity contribution is -0.129. The molecule has 0 heterocycles. The molecule has 0 aliphatic heterocycles. The van der Waals surface area contributed by atoms with Crippen LogP contribution in [-0.2, 0) is 9.59 Å². The zero-order valence-corrected chi connectivity index (χ0v) is 14.7. The Balaban J connectivity index is 1.48. The van der Waals surface area contributed by atoms with Crippen molar-refractivity contribution in [2.75, 3.05) is 6.54 Å². The summed E-state index contributed by atoms with van der Waals surface area (Å²) in [5.41, 5.74) is 0.342. The summed E-state index contributed by atoms with van der Waals surface area (Å²) < 4.78 is 0. The first-order valence-corrected chi connectivity index (χ1v) is 9.57. The summed E-state index contributed by atoms with van der Waals surface area (Å²) in [7, 11) is 0. The number of carbonyl (C=O) groups is 2. The molecule has 0 spiro atoms. The van der Waals surface area contributed by atoms with Gasteiger partial charge in [0.1, 0.15) is 0 Å². The lowest BCUT2D eigenvalue weighted by atomic mass is 9.48. The van der Waals surface area contributed by atoms with Gasteiger partial charge in [0.15, 0.2) is 0 Å². The Morgan fingerprint density at radius 2 is 1.52 bits per heavy atom. The van der Waals surface area contributed by atoms with Crippen molar-refractivity contribution < 1.29 is 9.59 Å². The summed E-state index contributed by atoms with van der Waals surface area (Å²) in [5, 5.41) is 6.06. The van der Waals surface area contributed by atoms with E-state index in [1.54, 1.807) is 0 Å². The van der Waals surface area contributed by atoms with Crippen LogP contribution >= 0.6 is 0 Å². The zero-order valence-electron chi connectivity index (χ0n) is 14.7. The molecule has 0 aromatic heterocycles. The van der Waals surface area contributed by atoms with E-state index in [0.29, 0.717) is 24.8 Å². The van der Waals surface area contributed by atoms with Gasteiger partial charge in [-0.3, -0.25) is 9.59 Å². The van der Waals surface area contributed by atoms with Gasteiger partial charge < -0.3 is 10.6 Å². The van der Waals surface area contributed by atoms with Gasteiger partial charge in [-0.15, -0.1) is 0 Å². The second-order valence-electron chi connectivity index (χ2n) is 8.42. The highest BCUT2D eigenvalue weighted by molar-refractivity contribution is 5.83. The molecule has 4 aliphatic carbocycles. The van der Waals surface area contributed by atoms with Gasteiger partial charge >= 0.3 is 0 Å². The van der Waals surface area contributed by atoms with Gasteiger partial charge in [0.25, 0.3) is 0 Å². The second kappa shape index (κ2) is 6.82. The fourth-order valence-corrected chi connectivity index (χ4v) is 5.75. The molecule has 4 nitrogen and oxygen atoms in total. The van der Waals surface area contributed by atoms with Gasteiger partial charge in [-0.25, -0.2) is 0 Å². The van der Waals surface area contributed by atoms with Crippen molar-refractivity contribution in [3.8, 4) is 0 Å². The van der Waals surface area contributed by atoms with Crippen LogP contribution in [0.4, 0.5) is 0 Å². The van der Waals surface area contributed by atoms with E-state index >= 15 is 0 Å². The summed E-state index contributed by atoms with van der Waals surface area (Å²) in [4.78, 5) is 23.9. The molecule has 0 aromatic rings.